The predicted octanol–water partition coefficient (Wildman–Crippen LogP) is 0.230. The van der Waals surface area contributed by atoms with Gasteiger partial charge in [-0.25, -0.2) is 4.79 Å². The van der Waals surface area contributed by atoms with Crippen molar-refractivity contribution in [1.29, 1.82) is 0 Å². The van der Waals surface area contributed by atoms with E-state index < -0.39 is 12.4 Å². The van der Waals surface area contributed by atoms with Gasteiger partial charge in [0.2, 0.25) is 0 Å². The molecule has 1 fully saturated rings. The first-order valence-electron chi connectivity index (χ1n) is 4.47. The Morgan fingerprint density at radius 3 is 3.15 bits per heavy atom. The first kappa shape index (κ1) is 10.3. The lowest BCUT2D eigenvalue weighted by molar-refractivity contribution is -0.140. The van der Waals surface area contributed by atoms with Crippen LogP contribution in [0.1, 0.15) is 19.8 Å². The Balaban J connectivity index is 2.29. The average molecular weight is 189 g/mol. The summed E-state index contributed by atoms with van der Waals surface area (Å²) in [5.41, 5.74) is 0. The van der Waals surface area contributed by atoms with E-state index in [9.17, 15) is 9.90 Å². The number of hydrogen-bond donors (Lipinski definition) is 2. The quantitative estimate of drug-likeness (QED) is 0.652. The molecule has 2 N–H and O–H groups in total. The summed E-state index contributed by atoms with van der Waals surface area (Å²) in [5, 5.41) is 11.8. The van der Waals surface area contributed by atoms with E-state index in [1.165, 1.54) is 0 Å². The van der Waals surface area contributed by atoms with E-state index in [1.807, 2.05) is 0 Å². The number of aliphatic hydroxyl groups excluding tert-OH is 1. The molecule has 0 bridgehead atoms. The monoisotopic (exact) mass is 189 g/mol. The van der Waals surface area contributed by atoms with Gasteiger partial charge in [0.25, 0.3) is 0 Å². The Morgan fingerprint density at radius 1 is 1.77 bits per heavy atom. The maximum atomic E-state index is 11.0. The highest BCUT2D eigenvalue weighted by molar-refractivity contribution is 5.67. The number of carbonyl (C=O) groups excluding carboxylic acids is 1. The molecule has 0 aliphatic carbocycles. The lowest BCUT2D eigenvalue weighted by Crippen LogP contribution is -2.47. The summed E-state index contributed by atoms with van der Waals surface area (Å²) in [5.74, 6) is 0. The van der Waals surface area contributed by atoms with E-state index in [1.54, 1.807) is 6.92 Å². The van der Waals surface area contributed by atoms with Crippen LogP contribution in [0, 0.1) is 0 Å². The van der Waals surface area contributed by atoms with Gasteiger partial charge in [-0.05, 0) is 19.8 Å². The molecule has 0 radical (unpaired) electrons. The smallest absolute Gasteiger partial charge is 0.407 e. The molecule has 0 aromatic heterocycles. The molecule has 1 saturated heterocycles. The van der Waals surface area contributed by atoms with Crippen LogP contribution in [0.3, 0.4) is 0 Å². The summed E-state index contributed by atoms with van der Waals surface area (Å²) >= 11 is 0. The van der Waals surface area contributed by atoms with E-state index in [4.69, 9.17) is 4.74 Å². The van der Waals surface area contributed by atoms with Crippen LogP contribution in [0.5, 0.6) is 0 Å². The van der Waals surface area contributed by atoms with Gasteiger partial charge >= 0.3 is 6.09 Å². The zero-order valence-electron chi connectivity index (χ0n) is 7.66. The summed E-state index contributed by atoms with van der Waals surface area (Å²) in [6, 6.07) is -0.340. The summed E-state index contributed by atoms with van der Waals surface area (Å²) < 4.78 is 9.63. The Kier molecular flexibility index (Phi) is 3.98. The fraction of sp³-hybridized carbons (Fsp3) is 0.875. The van der Waals surface area contributed by atoms with Gasteiger partial charge in [0.1, 0.15) is 0 Å². The third-order valence-electron chi connectivity index (χ3n) is 1.87. The molecule has 0 saturated carbocycles. The van der Waals surface area contributed by atoms with Gasteiger partial charge in [-0.2, -0.15) is 0 Å². The highest BCUT2D eigenvalue weighted by Crippen LogP contribution is 2.11. The Morgan fingerprint density at radius 2 is 2.54 bits per heavy atom. The fourth-order valence-electron chi connectivity index (χ4n) is 1.23. The highest BCUT2D eigenvalue weighted by Gasteiger charge is 2.25. The van der Waals surface area contributed by atoms with Gasteiger partial charge in [0, 0.05) is 6.61 Å². The number of rotatable bonds is 2. The molecule has 0 spiro atoms. The maximum absolute atomic E-state index is 11.0. The van der Waals surface area contributed by atoms with Crippen molar-refractivity contribution in [3.63, 3.8) is 0 Å². The van der Waals surface area contributed by atoms with Crippen LogP contribution in [-0.2, 0) is 9.47 Å². The largest absolute Gasteiger partial charge is 0.450 e. The van der Waals surface area contributed by atoms with Crippen molar-refractivity contribution in [2.24, 2.45) is 0 Å². The molecule has 1 aliphatic heterocycles. The van der Waals surface area contributed by atoms with Gasteiger partial charge in [0.15, 0.2) is 6.29 Å². The van der Waals surface area contributed by atoms with Crippen LogP contribution in [0.2, 0.25) is 0 Å². The normalized spacial score (nSPS) is 28.2. The molecule has 1 heterocycles. The van der Waals surface area contributed by atoms with Crippen LogP contribution < -0.4 is 5.32 Å². The number of ether oxygens (including phenoxy) is 2. The molecular weight excluding hydrogens is 174 g/mol. The van der Waals surface area contributed by atoms with Crippen LogP contribution in [0.25, 0.3) is 0 Å². The van der Waals surface area contributed by atoms with E-state index in [0.29, 0.717) is 13.2 Å². The van der Waals surface area contributed by atoms with Gasteiger partial charge in [0.05, 0.1) is 12.6 Å². The van der Waals surface area contributed by atoms with Crippen molar-refractivity contribution >= 4 is 6.09 Å². The molecule has 0 aromatic carbocycles. The molecule has 13 heavy (non-hydrogen) atoms. The SMILES string of the molecule is CCOC(=O)N[C@H]1CCCO[C@H]1O. The Labute approximate surface area is 77.0 Å². The minimum atomic E-state index is -0.904. The number of amides is 1. The van der Waals surface area contributed by atoms with Crippen molar-refractivity contribution in [1.82, 2.24) is 5.32 Å². The molecule has 0 unspecified atom stereocenters. The molecule has 5 heteroatoms. The molecule has 1 aliphatic rings. The van der Waals surface area contributed by atoms with E-state index in [2.05, 4.69) is 10.1 Å². The second-order valence-electron chi connectivity index (χ2n) is 2.87. The highest BCUT2D eigenvalue weighted by atomic mass is 16.6. The first-order chi connectivity index (χ1) is 6.24. The minimum absolute atomic E-state index is 0.329. The van der Waals surface area contributed by atoms with Crippen LogP contribution in [0.4, 0.5) is 4.79 Å². The van der Waals surface area contributed by atoms with E-state index in [-0.39, 0.29) is 6.04 Å². The first-order valence-corrected chi connectivity index (χ1v) is 4.47. The van der Waals surface area contributed by atoms with Gasteiger partial charge in [-0.1, -0.05) is 0 Å². The molecule has 1 amide bonds. The summed E-state index contributed by atoms with van der Waals surface area (Å²) in [4.78, 5) is 11.0. The zero-order valence-corrected chi connectivity index (χ0v) is 7.66. The lowest BCUT2D eigenvalue weighted by atomic mass is 10.1. The van der Waals surface area contributed by atoms with Crippen LogP contribution in [0.15, 0.2) is 0 Å². The van der Waals surface area contributed by atoms with Crippen molar-refractivity contribution in [2.45, 2.75) is 32.1 Å². The van der Waals surface area contributed by atoms with Gasteiger partial charge < -0.3 is 19.9 Å². The molecule has 76 valence electrons. The number of hydrogen-bond acceptors (Lipinski definition) is 4. The van der Waals surface area contributed by atoms with Crippen LogP contribution in [-0.4, -0.2) is 36.7 Å². The topological polar surface area (TPSA) is 67.8 Å². The Hall–Kier alpha value is -0.810. The lowest BCUT2D eigenvalue weighted by Gasteiger charge is -2.27. The zero-order chi connectivity index (χ0) is 9.68. The van der Waals surface area contributed by atoms with Gasteiger partial charge in [-0.15, -0.1) is 0 Å². The number of aliphatic hydroxyl groups is 1. The third kappa shape index (κ3) is 3.20. The van der Waals surface area contributed by atoms with Gasteiger partial charge in [-0.3, -0.25) is 0 Å². The second kappa shape index (κ2) is 5.04. The maximum Gasteiger partial charge on any atom is 0.407 e. The minimum Gasteiger partial charge on any atom is -0.450 e. The van der Waals surface area contributed by atoms with E-state index in [0.717, 1.165) is 12.8 Å². The Bertz CT molecular complexity index is 174. The summed E-state index contributed by atoms with van der Waals surface area (Å²) in [6.07, 6.45) is 0.156. The van der Waals surface area contributed by atoms with Crippen molar-refractivity contribution in [3.8, 4) is 0 Å². The molecule has 1 rings (SSSR count). The number of nitrogens with one attached hydrogen (secondary N) is 1. The third-order valence-corrected chi connectivity index (χ3v) is 1.87. The summed E-state index contributed by atoms with van der Waals surface area (Å²) in [7, 11) is 0. The molecule has 0 aromatic rings. The van der Waals surface area contributed by atoms with Crippen molar-refractivity contribution < 1.29 is 19.4 Å². The predicted molar refractivity (Wildman–Crippen MR) is 45.1 cm³/mol. The molecule has 5 nitrogen and oxygen atoms in total. The number of carbonyl (C=O) groups is 1. The van der Waals surface area contributed by atoms with Crippen LogP contribution >= 0.6 is 0 Å². The summed E-state index contributed by atoms with van der Waals surface area (Å²) in [6.45, 7) is 2.60. The van der Waals surface area contributed by atoms with Crippen molar-refractivity contribution in [3.05, 3.63) is 0 Å². The molecular formula is C8H15NO4. The second-order valence-corrected chi connectivity index (χ2v) is 2.87. The average Bonchev–Trinajstić information content (AvgIpc) is 2.09. The fourth-order valence-corrected chi connectivity index (χ4v) is 1.23. The number of alkyl carbamates (subject to hydrolysis) is 1. The molecule has 2 atom stereocenters. The van der Waals surface area contributed by atoms with E-state index >= 15 is 0 Å². The van der Waals surface area contributed by atoms with Crippen molar-refractivity contribution in [2.75, 3.05) is 13.2 Å². The standard InChI is InChI=1S/C8H15NO4/c1-2-12-8(11)9-6-4-3-5-13-7(6)10/h6-7,10H,2-5H2,1H3,(H,9,11)/t6-,7+/m0/s1.